The normalized spacial score (nSPS) is 19.9. The molecular formula is C49H60F2N14O6. The van der Waals surface area contributed by atoms with Gasteiger partial charge in [0.1, 0.15) is 35.3 Å². The molecule has 22 heteroatoms. The molecule has 5 aromatic rings. The van der Waals surface area contributed by atoms with E-state index < -0.39 is 35.2 Å². The van der Waals surface area contributed by atoms with Crippen molar-refractivity contribution in [1.29, 1.82) is 0 Å². The molecule has 8 heterocycles. The molecule has 0 radical (unpaired) electrons. The molecule has 4 amide bonds. The Morgan fingerprint density at radius 2 is 1.54 bits per heavy atom. The molecule has 71 heavy (non-hydrogen) atoms. The summed E-state index contributed by atoms with van der Waals surface area (Å²) >= 11 is 0. The summed E-state index contributed by atoms with van der Waals surface area (Å²) < 4.78 is 43.8. The third-order valence-corrected chi connectivity index (χ3v) is 14.4. The van der Waals surface area contributed by atoms with Gasteiger partial charge >= 0.3 is 6.09 Å². The number of piperazine rings is 1. The minimum Gasteiger partial charge on any atom is -0.439 e. The number of nitrogens with two attached hydrogens (primary N) is 1. The summed E-state index contributed by atoms with van der Waals surface area (Å²) in [4.78, 5) is 75.6. The van der Waals surface area contributed by atoms with Crippen molar-refractivity contribution in [3.05, 3.63) is 53.8 Å². The summed E-state index contributed by atoms with van der Waals surface area (Å²) in [5.41, 5.74) is 9.38. The molecule has 376 valence electrons. The minimum absolute atomic E-state index is 0.0919. The molecule has 4 saturated heterocycles. The number of aromatic nitrogens is 7. The SMILES string of the molecule is CC(C)(C)n1nc(-c2noc(C3CC3)c2-c2ncc(CC3CCN(C(=O)OCC(=O)N4CCC(CN5CCN(c6c(F)cc(NC7CCC(=O)NC7=O)cc6F)CC5)CC4)CC3)cn2)c2c(N)ncnc21. The van der Waals surface area contributed by atoms with Gasteiger partial charge in [-0.3, -0.25) is 24.6 Å². The maximum atomic E-state index is 15.3. The molecule has 4 aromatic heterocycles. The van der Waals surface area contributed by atoms with E-state index in [-0.39, 0.29) is 48.6 Å². The summed E-state index contributed by atoms with van der Waals surface area (Å²) in [6.07, 6.45) is 10.9. The number of nitrogens with one attached hydrogen (secondary N) is 2. The van der Waals surface area contributed by atoms with Gasteiger partial charge in [-0.1, -0.05) is 5.16 Å². The zero-order valence-electron chi connectivity index (χ0n) is 40.3. The number of nitrogens with zero attached hydrogens (tertiary/aromatic N) is 11. The van der Waals surface area contributed by atoms with Gasteiger partial charge in [-0.15, -0.1) is 0 Å². The largest absolute Gasteiger partial charge is 0.439 e. The van der Waals surface area contributed by atoms with Gasteiger partial charge < -0.3 is 35.0 Å². The van der Waals surface area contributed by atoms with E-state index in [9.17, 15) is 19.2 Å². The minimum atomic E-state index is -0.743. The summed E-state index contributed by atoms with van der Waals surface area (Å²) in [7, 11) is 0. The Balaban J connectivity index is 0.651. The fraction of sp³-hybridized carbons (Fsp3) is 0.551. The van der Waals surface area contributed by atoms with Crippen LogP contribution in [0.15, 0.2) is 35.4 Å². The summed E-state index contributed by atoms with van der Waals surface area (Å²) in [5.74, 6) is -0.0940. The molecule has 1 aliphatic carbocycles. The van der Waals surface area contributed by atoms with Crippen LogP contribution in [0.25, 0.3) is 33.8 Å². The lowest BCUT2D eigenvalue weighted by Crippen LogP contribution is -2.50. The maximum absolute atomic E-state index is 15.3. The van der Waals surface area contributed by atoms with Gasteiger partial charge in [-0.05, 0) is 102 Å². The van der Waals surface area contributed by atoms with Crippen molar-refractivity contribution in [3.63, 3.8) is 0 Å². The van der Waals surface area contributed by atoms with Crippen molar-refractivity contribution >= 4 is 52.0 Å². The first kappa shape index (κ1) is 47.8. The van der Waals surface area contributed by atoms with Crippen LogP contribution in [-0.4, -0.2) is 145 Å². The van der Waals surface area contributed by atoms with Crippen molar-refractivity contribution in [3.8, 4) is 22.8 Å². The first-order chi connectivity index (χ1) is 34.2. The second-order valence-corrected chi connectivity index (χ2v) is 20.6. The Labute approximate surface area is 409 Å². The number of nitrogen functional groups attached to an aromatic ring is 1. The van der Waals surface area contributed by atoms with Crippen molar-refractivity contribution in [2.24, 2.45) is 11.8 Å². The number of rotatable bonds is 12. The van der Waals surface area contributed by atoms with Crippen molar-refractivity contribution < 1.29 is 37.2 Å². The lowest BCUT2D eigenvalue weighted by molar-refractivity contribution is -0.136. The Bertz CT molecular complexity index is 2780. The van der Waals surface area contributed by atoms with Gasteiger partial charge in [0.15, 0.2) is 35.5 Å². The first-order valence-electron chi connectivity index (χ1n) is 24.7. The van der Waals surface area contributed by atoms with E-state index in [4.69, 9.17) is 30.1 Å². The highest BCUT2D eigenvalue weighted by atomic mass is 19.1. The standard InChI is InChI=1S/C49H60F2N14O6/c1-49(2,3)65-46-39(44(52)55-27-56-46)40(59-65)41-38(43(71-60-41)31-4-5-31)45-53-23-30(24-54-45)20-28-8-14-64(15-9-28)48(69)70-26-37(67)62-12-10-29(11-13-62)25-61-16-18-63(19-17-61)42-33(50)21-32(22-34(42)51)57-35-6-7-36(66)58-47(35)68/h21-24,27-29,31,35,57H,4-20,25-26H2,1-3H3,(H2,52,55,56)(H,58,66,68). The Kier molecular flexibility index (Phi) is 13.3. The quantitative estimate of drug-likeness (QED) is 0.138. The molecule has 1 unspecified atom stereocenters. The highest BCUT2D eigenvalue weighted by Gasteiger charge is 2.37. The van der Waals surface area contributed by atoms with Gasteiger partial charge in [0.2, 0.25) is 11.8 Å². The number of imide groups is 1. The Morgan fingerprint density at radius 1 is 0.859 bits per heavy atom. The predicted octanol–water partition coefficient (Wildman–Crippen LogP) is 5.10. The first-order valence-corrected chi connectivity index (χ1v) is 24.7. The number of anilines is 3. The maximum Gasteiger partial charge on any atom is 0.410 e. The Morgan fingerprint density at radius 3 is 2.20 bits per heavy atom. The lowest BCUT2D eigenvalue weighted by atomic mass is 9.91. The highest BCUT2D eigenvalue weighted by molar-refractivity contribution is 6.02. The summed E-state index contributed by atoms with van der Waals surface area (Å²) in [5, 5.41) is 15.1. The summed E-state index contributed by atoms with van der Waals surface area (Å²) in [6.45, 7) is 11.0. The van der Waals surface area contributed by atoms with Gasteiger partial charge in [0, 0.05) is 89.3 Å². The van der Waals surface area contributed by atoms with Crippen LogP contribution in [0.5, 0.6) is 0 Å². The number of amides is 4. The molecule has 4 N–H and O–H groups in total. The zero-order chi connectivity index (χ0) is 49.6. The number of carbonyl (C=O) groups is 4. The number of halogens is 2. The van der Waals surface area contributed by atoms with Crippen LogP contribution in [0, 0.1) is 23.5 Å². The van der Waals surface area contributed by atoms with Crippen molar-refractivity contribution in [2.75, 3.05) is 81.5 Å². The van der Waals surface area contributed by atoms with E-state index >= 15 is 8.78 Å². The lowest BCUT2D eigenvalue weighted by Gasteiger charge is -2.39. The molecular weight excluding hydrogens is 919 g/mol. The van der Waals surface area contributed by atoms with E-state index in [1.54, 1.807) is 14.7 Å². The third-order valence-electron chi connectivity index (χ3n) is 14.4. The van der Waals surface area contributed by atoms with Crippen LogP contribution in [0.4, 0.5) is 30.8 Å². The third kappa shape index (κ3) is 10.3. The number of hydrogen-bond donors (Lipinski definition) is 3. The molecule has 0 bridgehead atoms. The molecule has 5 fully saturated rings. The predicted molar refractivity (Wildman–Crippen MR) is 257 cm³/mol. The van der Waals surface area contributed by atoms with Gasteiger partial charge in [0.25, 0.3) is 5.91 Å². The van der Waals surface area contributed by atoms with Crippen molar-refractivity contribution in [1.82, 2.24) is 54.9 Å². The van der Waals surface area contributed by atoms with Crippen LogP contribution >= 0.6 is 0 Å². The van der Waals surface area contributed by atoms with E-state index in [2.05, 4.69) is 30.7 Å². The smallest absolute Gasteiger partial charge is 0.410 e. The van der Waals surface area contributed by atoms with Crippen LogP contribution in [-0.2, 0) is 31.1 Å². The van der Waals surface area contributed by atoms with Crippen LogP contribution in [0.2, 0.25) is 0 Å². The van der Waals surface area contributed by atoms with E-state index in [1.165, 1.54) is 18.5 Å². The topological polar surface area (TPSA) is 236 Å². The fourth-order valence-electron chi connectivity index (χ4n) is 10.3. The van der Waals surface area contributed by atoms with E-state index in [0.29, 0.717) is 104 Å². The van der Waals surface area contributed by atoms with Crippen molar-refractivity contribution in [2.45, 2.75) is 96.1 Å². The second-order valence-electron chi connectivity index (χ2n) is 20.6. The zero-order valence-corrected chi connectivity index (χ0v) is 40.3. The fourth-order valence-corrected chi connectivity index (χ4v) is 10.3. The highest BCUT2D eigenvalue weighted by Crippen LogP contribution is 2.48. The Hall–Kier alpha value is -6.84. The summed E-state index contributed by atoms with van der Waals surface area (Å²) in [6, 6.07) is 1.64. The average Bonchev–Trinajstić information content (AvgIpc) is 3.97. The molecule has 1 saturated carbocycles. The molecule has 0 spiro atoms. The molecule has 1 atom stereocenters. The van der Waals surface area contributed by atoms with Gasteiger partial charge in [-0.25, -0.2) is 38.2 Å². The number of hydrogen-bond acceptors (Lipinski definition) is 16. The van der Waals surface area contributed by atoms with Crippen LogP contribution < -0.4 is 21.3 Å². The molecule has 20 nitrogen and oxygen atoms in total. The second kappa shape index (κ2) is 19.7. The monoisotopic (exact) mass is 978 g/mol. The average molecular weight is 979 g/mol. The number of fused-ring (bicyclic) bond motifs is 1. The van der Waals surface area contributed by atoms with Gasteiger partial charge in [0.05, 0.1) is 16.5 Å². The number of piperidine rings is 3. The molecule has 4 aliphatic heterocycles. The number of likely N-dealkylation sites (tertiary alicyclic amines) is 2. The van der Waals surface area contributed by atoms with Crippen LogP contribution in [0.3, 0.4) is 0 Å². The number of benzene rings is 1. The molecule has 1 aromatic carbocycles. The number of carbonyl (C=O) groups excluding carboxylic acids is 4. The van der Waals surface area contributed by atoms with E-state index in [1.807, 2.05) is 37.8 Å². The molecule has 5 aliphatic rings. The number of ether oxygens (including phenoxy) is 1. The van der Waals surface area contributed by atoms with Crippen LogP contribution in [0.1, 0.15) is 89.4 Å². The van der Waals surface area contributed by atoms with Gasteiger partial charge in [-0.2, -0.15) is 5.10 Å². The van der Waals surface area contributed by atoms with E-state index in [0.717, 1.165) is 62.8 Å². The molecule has 10 rings (SSSR count).